The highest BCUT2D eigenvalue weighted by atomic mass is 31.2. The molecule has 25 heavy (non-hydrogen) atoms. The first-order valence-corrected chi connectivity index (χ1v) is 8.96. The van der Waals surface area contributed by atoms with Crippen LogP contribution in [0.4, 0.5) is 5.69 Å². The highest BCUT2D eigenvalue weighted by molar-refractivity contribution is 7.61. The molecule has 1 unspecified atom stereocenters. The second kappa shape index (κ2) is 6.89. The van der Waals surface area contributed by atoms with Crippen molar-refractivity contribution in [1.29, 1.82) is 0 Å². The summed E-state index contributed by atoms with van der Waals surface area (Å²) in [4.78, 5) is 20.3. The first kappa shape index (κ1) is 16.9. The van der Waals surface area contributed by atoms with Gasteiger partial charge in [0.1, 0.15) is 5.75 Å². The van der Waals surface area contributed by atoms with Gasteiger partial charge in [0, 0.05) is 12.1 Å². The second-order valence-corrected chi connectivity index (χ2v) is 7.02. The molecular weight excluding hydrogens is 341 g/mol. The Morgan fingerprint density at radius 3 is 1.96 bits per heavy atom. The van der Waals surface area contributed by atoms with Crippen molar-refractivity contribution in [3.05, 3.63) is 89.0 Å². The molecular formula is C18H14NO5P. The predicted octanol–water partition coefficient (Wildman–Crippen LogP) is 4.15. The van der Waals surface area contributed by atoms with Gasteiger partial charge in [-0.25, -0.2) is 4.57 Å². The fourth-order valence-electron chi connectivity index (χ4n) is 2.30. The maximum atomic E-state index is 12.5. The van der Waals surface area contributed by atoms with Crippen LogP contribution in [0.1, 0.15) is 0 Å². The number of nitro groups is 1. The molecule has 0 aliphatic rings. The third kappa shape index (κ3) is 3.94. The zero-order chi connectivity index (χ0) is 17.9. The van der Waals surface area contributed by atoms with Crippen molar-refractivity contribution >= 4 is 18.6 Å². The van der Waals surface area contributed by atoms with Crippen LogP contribution in [0.25, 0.3) is 11.1 Å². The van der Waals surface area contributed by atoms with Crippen molar-refractivity contribution < 1.29 is 18.9 Å². The van der Waals surface area contributed by atoms with Gasteiger partial charge in [0.2, 0.25) is 0 Å². The van der Waals surface area contributed by atoms with E-state index in [0.717, 1.165) is 11.1 Å². The average Bonchev–Trinajstić information content (AvgIpc) is 2.63. The minimum atomic E-state index is -4.09. The summed E-state index contributed by atoms with van der Waals surface area (Å²) in [7, 11) is -4.09. The van der Waals surface area contributed by atoms with Crippen molar-refractivity contribution in [1.82, 2.24) is 0 Å². The third-order valence-corrected chi connectivity index (χ3v) is 4.99. The van der Waals surface area contributed by atoms with Crippen LogP contribution in [-0.4, -0.2) is 9.82 Å². The van der Waals surface area contributed by atoms with Crippen LogP contribution in [0.15, 0.2) is 78.9 Å². The minimum absolute atomic E-state index is 0.0866. The largest absolute Gasteiger partial charge is 0.421 e. The van der Waals surface area contributed by atoms with Crippen molar-refractivity contribution in [2.45, 2.75) is 0 Å². The molecule has 7 heteroatoms. The van der Waals surface area contributed by atoms with Crippen molar-refractivity contribution in [2.75, 3.05) is 0 Å². The molecule has 3 aromatic rings. The molecule has 0 aliphatic heterocycles. The topological polar surface area (TPSA) is 89.7 Å². The van der Waals surface area contributed by atoms with Crippen LogP contribution >= 0.6 is 7.60 Å². The van der Waals surface area contributed by atoms with E-state index >= 15 is 0 Å². The summed E-state index contributed by atoms with van der Waals surface area (Å²) in [6.45, 7) is 0. The molecule has 0 spiro atoms. The zero-order valence-electron chi connectivity index (χ0n) is 13.0. The van der Waals surface area contributed by atoms with Gasteiger partial charge in [-0.3, -0.25) is 10.1 Å². The van der Waals surface area contributed by atoms with E-state index in [-0.39, 0.29) is 16.7 Å². The van der Waals surface area contributed by atoms with E-state index < -0.39 is 12.5 Å². The summed E-state index contributed by atoms with van der Waals surface area (Å²) in [5, 5.41) is 10.8. The molecule has 0 saturated carbocycles. The van der Waals surface area contributed by atoms with E-state index in [1.54, 1.807) is 12.1 Å². The maximum absolute atomic E-state index is 12.5. The first-order valence-electron chi connectivity index (χ1n) is 7.39. The van der Waals surface area contributed by atoms with Crippen molar-refractivity contribution in [2.24, 2.45) is 0 Å². The van der Waals surface area contributed by atoms with Crippen molar-refractivity contribution in [3.8, 4) is 16.9 Å². The summed E-state index contributed by atoms with van der Waals surface area (Å²) < 4.78 is 17.6. The molecule has 126 valence electrons. The number of non-ortho nitro benzene ring substituents is 1. The zero-order valence-corrected chi connectivity index (χ0v) is 13.9. The van der Waals surface area contributed by atoms with Gasteiger partial charge in [-0.2, -0.15) is 0 Å². The molecule has 0 aromatic heterocycles. The highest BCUT2D eigenvalue weighted by Crippen LogP contribution is 2.42. The van der Waals surface area contributed by atoms with E-state index in [0.29, 0.717) is 0 Å². The quantitative estimate of drug-likeness (QED) is 0.422. The van der Waals surface area contributed by atoms with Gasteiger partial charge in [0.25, 0.3) is 5.69 Å². The van der Waals surface area contributed by atoms with E-state index in [1.165, 1.54) is 36.4 Å². The minimum Gasteiger partial charge on any atom is -0.421 e. The average molecular weight is 355 g/mol. The first-order chi connectivity index (χ1) is 12.0. The Morgan fingerprint density at radius 2 is 1.40 bits per heavy atom. The lowest BCUT2D eigenvalue weighted by Gasteiger charge is -2.14. The lowest BCUT2D eigenvalue weighted by molar-refractivity contribution is -0.384. The van der Waals surface area contributed by atoms with E-state index in [4.69, 9.17) is 4.52 Å². The molecule has 6 nitrogen and oxygen atoms in total. The van der Waals surface area contributed by atoms with Gasteiger partial charge in [-0.1, -0.05) is 42.5 Å². The van der Waals surface area contributed by atoms with Gasteiger partial charge < -0.3 is 9.42 Å². The van der Waals surface area contributed by atoms with E-state index in [1.807, 2.05) is 30.3 Å². The number of nitrogens with zero attached hydrogens (tertiary/aromatic N) is 1. The fraction of sp³-hybridized carbons (Fsp3) is 0. The fourth-order valence-corrected chi connectivity index (χ4v) is 3.34. The van der Waals surface area contributed by atoms with Crippen LogP contribution < -0.4 is 9.83 Å². The number of hydrogen-bond acceptors (Lipinski definition) is 4. The smallest absolute Gasteiger partial charge is 0.408 e. The van der Waals surface area contributed by atoms with Crippen molar-refractivity contribution in [3.63, 3.8) is 0 Å². The predicted molar refractivity (Wildman–Crippen MR) is 95.1 cm³/mol. The van der Waals surface area contributed by atoms with Gasteiger partial charge in [0.05, 0.1) is 10.2 Å². The highest BCUT2D eigenvalue weighted by Gasteiger charge is 2.24. The van der Waals surface area contributed by atoms with E-state index in [9.17, 15) is 19.6 Å². The number of rotatable bonds is 5. The molecule has 1 N–H and O–H groups in total. The Bertz CT molecular complexity index is 924. The van der Waals surface area contributed by atoms with Gasteiger partial charge in [-0.15, -0.1) is 0 Å². The number of benzene rings is 3. The molecule has 1 atom stereocenters. The molecule has 0 radical (unpaired) electrons. The normalized spacial score (nSPS) is 13.0. The van der Waals surface area contributed by atoms with Crippen LogP contribution in [0, 0.1) is 10.1 Å². The Morgan fingerprint density at radius 1 is 0.840 bits per heavy atom. The van der Waals surface area contributed by atoms with Gasteiger partial charge >= 0.3 is 7.60 Å². The summed E-state index contributed by atoms with van der Waals surface area (Å²) in [5.74, 6) is 0.0866. The second-order valence-electron chi connectivity index (χ2n) is 5.28. The standard InChI is InChI=1S/C18H14NO5P/c20-19(21)16-8-10-17(11-9-16)24-25(22,23)18-12-6-15(7-13-18)14-4-2-1-3-5-14/h1-13H,(H,22,23). The monoisotopic (exact) mass is 355 g/mol. The Labute approximate surface area is 144 Å². The molecule has 0 aliphatic carbocycles. The van der Waals surface area contributed by atoms with Crippen LogP contribution in [0.2, 0.25) is 0 Å². The van der Waals surface area contributed by atoms with Gasteiger partial charge in [0.15, 0.2) is 0 Å². The van der Waals surface area contributed by atoms with Gasteiger partial charge in [-0.05, 0) is 35.4 Å². The molecule has 0 fully saturated rings. The van der Waals surface area contributed by atoms with Crippen LogP contribution in [-0.2, 0) is 4.57 Å². The molecule has 0 saturated heterocycles. The number of nitro benzene ring substituents is 1. The lowest BCUT2D eigenvalue weighted by Crippen LogP contribution is -2.08. The summed E-state index contributed by atoms with van der Waals surface area (Å²) in [5.41, 5.74) is 1.80. The van der Waals surface area contributed by atoms with Crippen LogP contribution in [0.3, 0.4) is 0 Å². The number of hydrogen-bond donors (Lipinski definition) is 1. The molecule has 3 aromatic carbocycles. The summed E-state index contributed by atoms with van der Waals surface area (Å²) >= 11 is 0. The molecule has 0 amide bonds. The summed E-state index contributed by atoms with van der Waals surface area (Å²) in [6.07, 6.45) is 0. The Kier molecular flexibility index (Phi) is 4.65. The SMILES string of the molecule is O=[N+]([O-])c1ccc(OP(=O)(O)c2ccc(-c3ccccc3)cc2)cc1. The molecule has 0 bridgehead atoms. The Balaban J connectivity index is 1.80. The summed E-state index contributed by atoms with van der Waals surface area (Å²) in [6, 6.07) is 21.2. The van der Waals surface area contributed by atoms with E-state index in [2.05, 4.69) is 0 Å². The maximum Gasteiger partial charge on any atom is 0.408 e. The molecule has 0 heterocycles. The lowest BCUT2D eigenvalue weighted by atomic mass is 10.1. The van der Waals surface area contributed by atoms with Crippen LogP contribution in [0.5, 0.6) is 5.75 Å². The Hall–Kier alpha value is -2.95. The molecule has 3 rings (SSSR count). The third-order valence-electron chi connectivity index (χ3n) is 3.58.